The molecule has 0 heterocycles. The van der Waals surface area contributed by atoms with Crippen molar-refractivity contribution in [3.63, 3.8) is 0 Å². The van der Waals surface area contributed by atoms with E-state index in [1.807, 2.05) is 20.8 Å². The Morgan fingerprint density at radius 3 is 1.94 bits per heavy atom. The molecule has 6 heteroatoms. The van der Waals surface area contributed by atoms with Crippen LogP contribution in [-0.4, -0.2) is 51.5 Å². The first-order valence-corrected chi connectivity index (χ1v) is 6.09. The van der Waals surface area contributed by atoms with Gasteiger partial charge in [0, 0.05) is 13.2 Å². The molecule has 0 amide bonds. The smallest absolute Gasteiger partial charge is 0.330 e. The number of aldehydes is 1. The molecule has 0 bridgehead atoms. The number of carbonyl (C=O) groups is 2. The zero-order chi connectivity index (χ0) is 14.4. The molecule has 0 saturated carbocycles. The van der Waals surface area contributed by atoms with Crippen LogP contribution in [0.4, 0.5) is 0 Å². The van der Waals surface area contributed by atoms with Gasteiger partial charge in [-0.3, -0.25) is 0 Å². The summed E-state index contributed by atoms with van der Waals surface area (Å²) < 4.78 is 14.7. The summed E-state index contributed by atoms with van der Waals surface area (Å²) >= 11 is 0. The highest BCUT2D eigenvalue weighted by Gasteiger charge is 2.14. The number of likely N-dealkylation sites (N-methyl/N-ethyl adjacent to an activating group) is 1. The van der Waals surface area contributed by atoms with Crippen molar-refractivity contribution in [3.05, 3.63) is 0 Å². The number of rotatable bonds is 8. The highest BCUT2D eigenvalue weighted by Crippen LogP contribution is 1.90. The quantitative estimate of drug-likeness (QED) is 0.301. The number of carbonyl (C=O) groups excluding carboxylic acids is 2. The molecule has 0 aromatic carbocycles. The summed E-state index contributed by atoms with van der Waals surface area (Å²) in [6.45, 7) is 9.24. The maximum Gasteiger partial charge on any atom is 0.330 e. The van der Waals surface area contributed by atoms with Crippen molar-refractivity contribution < 1.29 is 23.8 Å². The third-order valence-corrected chi connectivity index (χ3v) is 1.79. The highest BCUT2D eigenvalue weighted by atomic mass is 16.7. The molecule has 0 aromatic rings. The van der Waals surface area contributed by atoms with E-state index < -0.39 is 12.0 Å². The van der Waals surface area contributed by atoms with Crippen LogP contribution >= 0.6 is 0 Å². The molecule has 0 fully saturated rings. The summed E-state index contributed by atoms with van der Waals surface area (Å²) in [5, 5.41) is 2.49. The van der Waals surface area contributed by atoms with Crippen LogP contribution in [0.15, 0.2) is 0 Å². The van der Waals surface area contributed by atoms with Crippen molar-refractivity contribution in [2.45, 2.75) is 40.0 Å². The van der Waals surface area contributed by atoms with E-state index in [0.29, 0.717) is 12.9 Å². The molecule has 0 rings (SSSR count). The number of hydrogen-bond acceptors (Lipinski definition) is 6. The topological polar surface area (TPSA) is 73.9 Å². The summed E-state index contributed by atoms with van der Waals surface area (Å²) in [5.41, 5.74) is 0. The molecule has 1 atom stereocenters. The van der Waals surface area contributed by atoms with Crippen molar-refractivity contribution >= 4 is 12.3 Å². The van der Waals surface area contributed by atoms with Crippen LogP contribution in [0, 0.1) is 0 Å². The largest absolute Gasteiger partial charge is 0.464 e. The predicted octanol–water partition coefficient (Wildman–Crippen LogP) is 0.742. The maximum absolute atomic E-state index is 10.7. The number of ether oxygens (including phenoxy) is 3. The normalized spacial score (nSPS) is 11.4. The van der Waals surface area contributed by atoms with Crippen LogP contribution in [0.25, 0.3) is 0 Å². The van der Waals surface area contributed by atoms with Crippen LogP contribution < -0.4 is 5.32 Å². The number of nitrogens with one attached hydrogen (secondary N) is 1. The van der Waals surface area contributed by atoms with Gasteiger partial charge in [0.2, 0.25) is 0 Å². The van der Waals surface area contributed by atoms with Crippen LogP contribution in [-0.2, 0) is 23.8 Å². The Kier molecular flexibility index (Phi) is 15.1. The third kappa shape index (κ3) is 11.5. The van der Waals surface area contributed by atoms with Gasteiger partial charge in [0.05, 0.1) is 6.61 Å². The summed E-state index contributed by atoms with van der Waals surface area (Å²) in [6.07, 6.45) is 0.475. The van der Waals surface area contributed by atoms with E-state index in [-0.39, 0.29) is 6.29 Å². The minimum atomic E-state index is -0.819. The van der Waals surface area contributed by atoms with Crippen LogP contribution in [0.3, 0.4) is 0 Å². The van der Waals surface area contributed by atoms with Gasteiger partial charge in [-0.05, 0) is 34.7 Å². The lowest BCUT2D eigenvalue weighted by atomic mass is 10.3. The van der Waals surface area contributed by atoms with Gasteiger partial charge in [0.1, 0.15) is 6.29 Å². The Labute approximate surface area is 109 Å². The van der Waals surface area contributed by atoms with Gasteiger partial charge < -0.3 is 24.3 Å². The second kappa shape index (κ2) is 14.1. The van der Waals surface area contributed by atoms with E-state index in [9.17, 15) is 9.59 Å². The standard InChI is InChI=1S/C6H11NO3.C6H14O2/c1-3-10-6(9)5(4-8)7-2;1-4-7-6(3)8-5-2/h4-5,7H,3H2,1-2H3;6H,4-5H2,1-3H3. The Morgan fingerprint density at radius 2 is 1.67 bits per heavy atom. The van der Waals surface area contributed by atoms with Gasteiger partial charge in [-0.2, -0.15) is 0 Å². The second-order valence-corrected chi connectivity index (χ2v) is 3.13. The van der Waals surface area contributed by atoms with Crippen LogP contribution in [0.1, 0.15) is 27.7 Å². The van der Waals surface area contributed by atoms with E-state index >= 15 is 0 Å². The molecule has 6 nitrogen and oxygen atoms in total. The molecular formula is C12H25NO5. The molecule has 1 N–H and O–H groups in total. The van der Waals surface area contributed by atoms with Gasteiger partial charge >= 0.3 is 5.97 Å². The fourth-order valence-corrected chi connectivity index (χ4v) is 0.991. The van der Waals surface area contributed by atoms with E-state index in [4.69, 9.17) is 9.47 Å². The zero-order valence-corrected chi connectivity index (χ0v) is 11.9. The Balaban J connectivity index is 0. The van der Waals surface area contributed by atoms with E-state index in [1.54, 1.807) is 6.92 Å². The lowest BCUT2D eigenvalue weighted by Crippen LogP contribution is -2.36. The van der Waals surface area contributed by atoms with Crippen molar-refractivity contribution in [1.29, 1.82) is 0 Å². The SMILES string of the molecule is CCOC(=O)C(C=O)NC.CCOC(C)OCC. The molecular weight excluding hydrogens is 238 g/mol. The monoisotopic (exact) mass is 263 g/mol. The maximum atomic E-state index is 10.7. The Morgan fingerprint density at radius 1 is 1.17 bits per heavy atom. The van der Waals surface area contributed by atoms with Crippen LogP contribution in [0.5, 0.6) is 0 Å². The molecule has 0 aromatic heterocycles. The first kappa shape index (κ1) is 19.4. The molecule has 0 spiro atoms. The fourth-order valence-electron chi connectivity index (χ4n) is 0.991. The summed E-state index contributed by atoms with van der Waals surface area (Å²) in [7, 11) is 1.52. The van der Waals surface area contributed by atoms with Crippen molar-refractivity contribution in [3.8, 4) is 0 Å². The molecule has 0 aliphatic carbocycles. The van der Waals surface area contributed by atoms with Crippen LogP contribution in [0.2, 0.25) is 0 Å². The molecule has 0 aliphatic rings. The minimum absolute atomic E-state index is 0.0370. The molecule has 18 heavy (non-hydrogen) atoms. The van der Waals surface area contributed by atoms with E-state index in [2.05, 4.69) is 10.1 Å². The molecule has 0 radical (unpaired) electrons. The van der Waals surface area contributed by atoms with Gasteiger partial charge in [0.15, 0.2) is 12.3 Å². The average Bonchev–Trinajstić information content (AvgIpc) is 2.32. The summed E-state index contributed by atoms with van der Waals surface area (Å²) in [4.78, 5) is 20.8. The summed E-state index contributed by atoms with van der Waals surface area (Å²) in [5.74, 6) is -0.528. The lowest BCUT2D eigenvalue weighted by molar-refractivity contribution is -0.146. The van der Waals surface area contributed by atoms with Gasteiger partial charge in [0.25, 0.3) is 0 Å². The van der Waals surface area contributed by atoms with Gasteiger partial charge in [-0.15, -0.1) is 0 Å². The van der Waals surface area contributed by atoms with Crippen molar-refractivity contribution in [1.82, 2.24) is 5.32 Å². The lowest BCUT2D eigenvalue weighted by Gasteiger charge is -2.09. The minimum Gasteiger partial charge on any atom is -0.464 e. The fraction of sp³-hybridized carbons (Fsp3) is 0.833. The number of esters is 1. The molecule has 0 saturated heterocycles. The van der Waals surface area contributed by atoms with E-state index in [1.165, 1.54) is 7.05 Å². The average molecular weight is 263 g/mol. The second-order valence-electron chi connectivity index (χ2n) is 3.13. The van der Waals surface area contributed by atoms with Gasteiger partial charge in [-0.25, -0.2) is 4.79 Å². The molecule has 108 valence electrons. The van der Waals surface area contributed by atoms with Gasteiger partial charge in [-0.1, -0.05) is 0 Å². The predicted molar refractivity (Wildman–Crippen MR) is 68.3 cm³/mol. The van der Waals surface area contributed by atoms with Crippen molar-refractivity contribution in [2.24, 2.45) is 0 Å². The Bertz CT molecular complexity index is 205. The third-order valence-electron chi connectivity index (χ3n) is 1.79. The van der Waals surface area contributed by atoms with Crippen molar-refractivity contribution in [2.75, 3.05) is 26.9 Å². The first-order valence-electron chi connectivity index (χ1n) is 6.09. The summed E-state index contributed by atoms with van der Waals surface area (Å²) in [6, 6.07) is -0.819. The molecule has 1 unspecified atom stereocenters. The highest BCUT2D eigenvalue weighted by molar-refractivity contribution is 5.92. The first-order chi connectivity index (χ1) is 8.56. The zero-order valence-electron chi connectivity index (χ0n) is 11.9. The molecule has 0 aliphatic heterocycles. The van der Waals surface area contributed by atoms with E-state index in [0.717, 1.165) is 13.2 Å². The Hall–Kier alpha value is -0.980. The number of hydrogen-bond donors (Lipinski definition) is 1.